The van der Waals surface area contributed by atoms with Crippen LogP contribution in [0.3, 0.4) is 0 Å². The fourth-order valence-electron chi connectivity index (χ4n) is 4.66. The van der Waals surface area contributed by atoms with E-state index in [2.05, 4.69) is 17.1 Å². The normalized spacial score (nSPS) is 22.9. The zero-order valence-electron chi connectivity index (χ0n) is 19.1. The van der Waals surface area contributed by atoms with Crippen molar-refractivity contribution in [3.05, 3.63) is 0 Å². The van der Waals surface area contributed by atoms with Gasteiger partial charge in [-0.05, 0) is 39.0 Å². The zero-order valence-corrected chi connectivity index (χ0v) is 19.9. The van der Waals surface area contributed by atoms with Crippen LogP contribution in [0.4, 0.5) is 4.79 Å². The number of carbonyl (C=O) groups excluding carboxylic acids is 3. The third kappa shape index (κ3) is 8.60. The van der Waals surface area contributed by atoms with Crippen LogP contribution in [-0.2, 0) is 9.59 Å². The second-order valence-electron chi connectivity index (χ2n) is 9.07. The van der Waals surface area contributed by atoms with Gasteiger partial charge in [0.05, 0.1) is 12.1 Å². The maximum Gasteiger partial charge on any atom is 0.318 e. The number of urea groups is 1. The van der Waals surface area contributed by atoms with Crippen molar-refractivity contribution in [3.63, 3.8) is 0 Å². The molecule has 0 aromatic rings. The van der Waals surface area contributed by atoms with Crippen molar-refractivity contribution in [2.45, 2.75) is 121 Å². The standard InChI is InChI=1S/C24H42N2O3S/c1-3-4-5-12-17-26-23-21(25-24(26)29)18-30-22(23)16-11-10-15-20(28)14-9-7-6-8-13-19(2)27/h21-23H,3-18H2,1-2H3,(H,25,29)/t21-,22-,23-/m0/s1. The molecule has 2 aliphatic rings. The number of nitrogens with one attached hydrogen (secondary N) is 1. The predicted octanol–water partition coefficient (Wildman–Crippen LogP) is 5.50. The van der Waals surface area contributed by atoms with Gasteiger partial charge in [-0.3, -0.25) is 4.79 Å². The van der Waals surface area contributed by atoms with E-state index in [1.165, 1.54) is 19.3 Å². The van der Waals surface area contributed by atoms with Crippen molar-refractivity contribution < 1.29 is 14.4 Å². The molecule has 2 fully saturated rings. The number of carbonyl (C=O) groups is 3. The van der Waals surface area contributed by atoms with E-state index in [0.717, 1.165) is 63.7 Å². The summed E-state index contributed by atoms with van der Waals surface area (Å²) >= 11 is 2.00. The van der Waals surface area contributed by atoms with Crippen LogP contribution in [0.2, 0.25) is 0 Å². The molecule has 172 valence electrons. The molecule has 0 saturated carbocycles. The molecule has 6 heteroatoms. The van der Waals surface area contributed by atoms with Gasteiger partial charge in [0.1, 0.15) is 11.6 Å². The van der Waals surface area contributed by atoms with E-state index in [0.29, 0.717) is 42.4 Å². The molecule has 0 spiro atoms. The smallest absolute Gasteiger partial charge is 0.318 e. The predicted molar refractivity (Wildman–Crippen MR) is 125 cm³/mol. The van der Waals surface area contributed by atoms with E-state index >= 15 is 0 Å². The van der Waals surface area contributed by atoms with E-state index in [9.17, 15) is 14.4 Å². The number of ketones is 2. The number of thioether (sulfide) groups is 1. The number of hydrogen-bond donors (Lipinski definition) is 1. The first-order chi connectivity index (χ1) is 14.5. The summed E-state index contributed by atoms with van der Waals surface area (Å²) in [4.78, 5) is 37.5. The summed E-state index contributed by atoms with van der Waals surface area (Å²) in [7, 11) is 0. The minimum atomic E-state index is 0.130. The highest BCUT2D eigenvalue weighted by Crippen LogP contribution is 2.37. The van der Waals surface area contributed by atoms with Crippen LogP contribution >= 0.6 is 11.8 Å². The first-order valence-electron chi connectivity index (χ1n) is 12.2. The van der Waals surface area contributed by atoms with Gasteiger partial charge in [-0.1, -0.05) is 45.4 Å². The number of rotatable bonds is 17. The van der Waals surface area contributed by atoms with E-state index in [4.69, 9.17) is 0 Å². The molecule has 2 rings (SSSR count). The molecule has 3 atom stereocenters. The van der Waals surface area contributed by atoms with Crippen LogP contribution < -0.4 is 5.32 Å². The van der Waals surface area contributed by atoms with Crippen LogP contribution in [-0.4, -0.2) is 52.1 Å². The Morgan fingerprint density at radius 1 is 0.967 bits per heavy atom. The third-order valence-electron chi connectivity index (χ3n) is 6.39. The first kappa shape index (κ1) is 25.2. The number of hydrogen-bond acceptors (Lipinski definition) is 4. The van der Waals surface area contributed by atoms with E-state index in [1.807, 2.05) is 11.8 Å². The lowest BCUT2D eigenvalue weighted by Gasteiger charge is -2.27. The van der Waals surface area contributed by atoms with E-state index < -0.39 is 0 Å². The molecule has 0 radical (unpaired) electrons. The fraction of sp³-hybridized carbons (Fsp3) is 0.875. The average molecular weight is 439 g/mol. The lowest BCUT2D eigenvalue weighted by atomic mass is 10.00. The van der Waals surface area contributed by atoms with Crippen LogP contribution in [0.25, 0.3) is 0 Å². The topological polar surface area (TPSA) is 66.5 Å². The van der Waals surface area contributed by atoms with E-state index in [-0.39, 0.29) is 11.8 Å². The molecule has 0 aromatic carbocycles. The minimum Gasteiger partial charge on any atom is -0.332 e. The SMILES string of the molecule is CCCCCCN1C(=O)N[C@H]2CS[C@@H](CCCCC(=O)CCCCCCC(C)=O)[C@H]21. The van der Waals surface area contributed by atoms with Crippen molar-refractivity contribution in [1.29, 1.82) is 0 Å². The second kappa shape index (κ2) is 14.1. The molecule has 30 heavy (non-hydrogen) atoms. The molecule has 2 saturated heterocycles. The Morgan fingerprint density at radius 3 is 2.33 bits per heavy atom. The number of fused-ring (bicyclic) bond motifs is 1. The van der Waals surface area contributed by atoms with Gasteiger partial charge in [-0.2, -0.15) is 11.8 Å². The Balaban J connectivity index is 1.58. The van der Waals surface area contributed by atoms with Gasteiger partial charge < -0.3 is 15.0 Å². The number of nitrogens with zero attached hydrogens (tertiary/aromatic N) is 1. The van der Waals surface area contributed by atoms with Crippen LogP contribution in [0.1, 0.15) is 104 Å². The van der Waals surface area contributed by atoms with E-state index in [1.54, 1.807) is 6.92 Å². The summed E-state index contributed by atoms with van der Waals surface area (Å²) in [5.74, 6) is 1.67. The third-order valence-corrected chi connectivity index (χ3v) is 7.89. The second-order valence-corrected chi connectivity index (χ2v) is 10.3. The summed E-state index contributed by atoms with van der Waals surface area (Å²) in [6.07, 6.45) is 14.0. The Morgan fingerprint density at radius 2 is 1.63 bits per heavy atom. The van der Waals surface area contributed by atoms with Gasteiger partial charge in [-0.25, -0.2) is 4.79 Å². The molecule has 1 N–H and O–H groups in total. The summed E-state index contributed by atoms with van der Waals surface area (Å²) in [5, 5.41) is 3.69. The van der Waals surface area contributed by atoms with Crippen molar-refractivity contribution in [2.75, 3.05) is 12.3 Å². The Kier molecular flexibility index (Phi) is 11.9. The summed E-state index contributed by atoms with van der Waals surface area (Å²) < 4.78 is 0. The maximum atomic E-state index is 12.4. The summed E-state index contributed by atoms with van der Waals surface area (Å²) in [6.45, 7) is 4.73. The molecule has 2 aliphatic heterocycles. The maximum absolute atomic E-state index is 12.4. The minimum absolute atomic E-state index is 0.130. The first-order valence-corrected chi connectivity index (χ1v) is 13.3. The molecule has 2 amide bonds. The zero-order chi connectivity index (χ0) is 21.8. The van der Waals surface area contributed by atoms with Crippen molar-refractivity contribution in [2.24, 2.45) is 0 Å². The van der Waals surface area contributed by atoms with Crippen molar-refractivity contribution in [3.8, 4) is 0 Å². The molecule has 0 bridgehead atoms. The quantitative estimate of drug-likeness (QED) is 0.240. The highest BCUT2D eigenvalue weighted by Gasteiger charge is 2.47. The monoisotopic (exact) mass is 438 g/mol. The van der Waals surface area contributed by atoms with Gasteiger partial charge in [0.2, 0.25) is 0 Å². The lowest BCUT2D eigenvalue weighted by molar-refractivity contribution is -0.119. The van der Waals surface area contributed by atoms with Crippen LogP contribution in [0.5, 0.6) is 0 Å². The number of Topliss-reactive ketones (excluding diaryl/α,β-unsaturated/α-hetero) is 2. The lowest BCUT2D eigenvalue weighted by Crippen LogP contribution is -2.41. The molecule has 0 aliphatic carbocycles. The summed E-state index contributed by atoms with van der Waals surface area (Å²) in [6, 6.07) is 0.781. The fourth-order valence-corrected chi connectivity index (χ4v) is 6.26. The average Bonchev–Trinajstić information content (AvgIpc) is 3.23. The van der Waals surface area contributed by atoms with Crippen molar-refractivity contribution >= 4 is 29.4 Å². The van der Waals surface area contributed by atoms with Gasteiger partial charge in [-0.15, -0.1) is 0 Å². The van der Waals surface area contributed by atoms with Crippen LogP contribution in [0, 0.1) is 0 Å². The van der Waals surface area contributed by atoms with Crippen LogP contribution in [0.15, 0.2) is 0 Å². The molecular formula is C24H42N2O3S. The Labute approximate surface area is 187 Å². The number of amides is 2. The highest BCUT2D eigenvalue weighted by atomic mass is 32.2. The Hall–Kier alpha value is -1.04. The largest absolute Gasteiger partial charge is 0.332 e. The van der Waals surface area contributed by atoms with Gasteiger partial charge in [0, 0.05) is 36.8 Å². The van der Waals surface area contributed by atoms with Crippen molar-refractivity contribution in [1.82, 2.24) is 10.2 Å². The van der Waals surface area contributed by atoms with Gasteiger partial charge in [0.25, 0.3) is 0 Å². The molecular weight excluding hydrogens is 396 g/mol. The molecule has 5 nitrogen and oxygen atoms in total. The molecule has 0 unspecified atom stereocenters. The molecule has 0 aromatic heterocycles. The van der Waals surface area contributed by atoms with Gasteiger partial charge >= 0.3 is 6.03 Å². The Bertz CT molecular complexity index is 555. The molecule has 2 heterocycles. The number of unbranched alkanes of at least 4 members (excludes halogenated alkanes) is 7. The highest BCUT2D eigenvalue weighted by molar-refractivity contribution is 8.00. The van der Waals surface area contributed by atoms with Gasteiger partial charge in [0.15, 0.2) is 0 Å². The summed E-state index contributed by atoms with van der Waals surface area (Å²) in [5.41, 5.74) is 0.